The smallest absolute Gasteiger partial charge is 0.0988 e. The molecule has 5 rings (SSSR count). The quantitative estimate of drug-likeness (QED) is 0.702. The van der Waals surface area contributed by atoms with Crippen molar-refractivity contribution >= 4 is 5.69 Å². The number of benzene rings is 1. The van der Waals surface area contributed by atoms with E-state index in [9.17, 15) is 0 Å². The molecule has 19 heavy (non-hydrogen) atoms. The van der Waals surface area contributed by atoms with Gasteiger partial charge in [0.15, 0.2) is 0 Å². The normalized spacial score (nSPS) is 44.9. The van der Waals surface area contributed by atoms with Crippen LogP contribution in [0.1, 0.15) is 12.8 Å². The third-order valence-corrected chi connectivity index (χ3v) is 5.66. The summed E-state index contributed by atoms with van der Waals surface area (Å²) in [5.74, 6) is 3.18. The molecule has 96 valence electrons. The van der Waals surface area contributed by atoms with Gasteiger partial charge in [0, 0.05) is 0 Å². The van der Waals surface area contributed by atoms with E-state index in [0.29, 0.717) is 12.1 Å². The molecule has 2 saturated carbocycles. The summed E-state index contributed by atoms with van der Waals surface area (Å²) in [7, 11) is 0. The highest BCUT2D eigenvalue weighted by molar-refractivity contribution is 5.48. The molecule has 6 atom stereocenters. The monoisotopic (exact) mass is 251 g/mol. The lowest BCUT2D eigenvalue weighted by molar-refractivity contribution is 0.238. The number of nitrogens with zero attached hydrogens (tertiary/aromatic N) is 3. The molecular formula is C16H17N3. The fourth-order valence-electron chi connectivity index (χ4n) is 4.99. The highest BCUT2D eigenvalue weighted by atomic mass is 15.6. The van der Waals surface area contributed by atoms with Crippen molar-refractivity contribution < 1.29 is 0 Å². The van der Waals surface area contributed by atoms with Gasteiger partial charge in [-0.2, -0.15) is 5.11 Å². The van der Waals surface area contributed by atoms with Gasteiger partial charge in [0.25, 0.3) is 0 Å². The average Bonchev–Trinajstić information content (AvgIpc) is 3.17. The molecule has 0 spiro atoms. The molecule has 1 aromatic rings. The first-order valence-corrected chi connectivity index (χ1v) is 7.35. The van der Waals surface area contributed by atoms with E-state index >= 15 is 0 Å². The summed E-state index contributed by atoms with van der Waals surface area (Å²) in [5.41, 5.74) is 1.20. The molecule has 0 radical (unpaired) electrons. The SMILES string of the molecule is C1=C[C@H]2[C@@H](C1)[C@@H]1C[C@@H]2[C@@H]2[C@@H]1N=NN2c1ccccc1. The lowest BCUT2D eigenvalue weighted by atomic mass is 9.76. The second-order valence-electron chi connectivity index (χ2n) is 6.33. The van der Waals surface area contributed by atoms with Crippen molar-refractivity contribution in [2.75, 3.05) is 5.01 Å². The molecule has 3 aliphatic carbocycles. The summed E-state index contributed by atoms with van der Waals surface area (Å²) in [6.07, 6.45) is 7.49. The minimum absolute atomic E-state index is 0.450. The van der Waals surface area contributed by atoms with Gasteiger partial charge < -0.3 is 0 Å². The summed E-state index contributed by atoms with van der Waals surface area (Å²) in [6, 6.07) is 11.5. The predicted molar refractivity (Wildman–Crippen MR) is 73.7 cm³/mol. The standard InChI is InChI=1S/C16H17N3/c1-2-5-10(6-3-1)19-16-14-9-13(15(16)17-18-19)11-7-4-8-12(11)14/h1-6,8,11-16H,7,9H2/t11-,12+,13+,14+,15-,16-/m1/s1. The first-order valence-electron chi connectivity index (χ1n) is 7.35. The highest BCUT2D eigenvalue weighted by Crippen LogP contribution is 2.60. The van der Waals surface area contributed by atoms with E-state index in [-0.39, 0.29) is 0 Å². The topological polar surface area (TPSA) is 28.0 Å². The maximum atomic E-state index is 4.62. The number of allylic oxidation sites excluding steroid dienone is 2. The van der Waals surface area contributed by atoms with Crippen LogP contribution in [0.3, 0.4) is 0 Å². The van der Waals surface area contributed by atoms with Crippen molar-refractivity contribution in [3.63, 3.8) is 0 Å². The predicted octanol–water partition coefficient (Wildman–Crippen LogP) is 3.45. The van der Waals surface area contributed by atoms with Crippen molar-refractivity contribution in [2.45, 2.75) is 24.9 Å². The maximum Gasteiger partial charge on any atom is 0.0988 e. The summed E-state index contributed by atoms with van der Waals surface area (Å²) >= 11 is 0. The highest BCUT2D eigenvalue weighted by Gasteiger charge is 2.61. The second kappa shape index (κ2) is 3.47. The Bertz CT molecular complexity index is 565. The fourth-order valence-corrected chi connectivity index (χ4v) is 4.99. The Kier molecular flexibility index (Phi) is 1.86. The zero-order valence-electron chi connectivity index (χ0n) is 10.8. The molecule has 0 unspecified atom stereocenters. The Hall–Kier alpha value is -1.64. The van der Waals surface area contributed by atoms with Gasteiger partial charge >= 0.3 is 0 Å². The zero-order valence-corrected chi connectivity index (χ0v) is 10.8. The molecule has 0 saturated heterocycles. The molecule has 3 heteroatoms. The summed E-state index contributed by atoms with van der Waals surface area (Å²) in [5, 5.41) is 11.3. The number of hydrogen-bond acceptors (Lipinski definition) is 3. The van der Waals surface area contributed by atoms with Gasteiger partial charge in [-0.15, -0.1) is 0 Å². The fraction of sp³-hybridized carbons (Fsp3) is 0.500. The molecule has 3 nitrogen and oxygen atoms in total. The van der Waals surface area contributed by atoms with Crippen molar-refractivity contribution in [3.05, 3.63) is 42.5 Å². The van der Waals surface area contributed by atoms with E-state index in [4.69, 9.17) is 0 Å². The molecule has 0 amide bonds. The molecule has 2 fully saturated rings. The van der Waals surface area contributed by atoms with E-state index in [0.717, 1.165) is 23.7 Å². The molecule has 1 aliphatic heterocycles. The van der Waals surface area contributed by atoms with Crippen LogP contribution in [0.4, 0.5) is 5.69 Å². The van der Waals surface area contributed by atoms with Crippen LogP contribution in [0, 0.1) is 23.7 Å². The summed E-state index contributed by atoms with van der Waals surface area (Å²) < 4.78 is 0. The van der Waals surface area contributed by atoms with Crippen LogP contribution in [-0.2, 0) is 0 Å². The van der Waals surface area contributed by atoms with Crippen LogP contribution in [0.15, 0.2) is 52.8 Å². The van der Waals surface area contributed by atoms with Crippen molar-refractivity contribution in [1.82, 2.24) is 0 Å². The van der Waals surface area contributed by atoms with Crippen LogP contribution in [0.5, 0.6) is 0 Å². The summed E-state index contributed by atoms with van der Waals surface area (Å²) in [6.45, 7) is 0. The first kappa shape index (κ1) is 10.2. The van der Waals surface area contributed by atoms with E-state index < -0.39 is 0 Å². The average molecular weight is 251 g/mol. The number of anilines is 1. The van der Waals surface area contributed by atoms with E-state index in [1.807, 2.05) is 0 Å². The van der Waals surface area contributed by atoms with Crippen LogP contribution < -0.4 is 5.01 Å². The van der Waals surface area contributed by atoms with Gasteiger partial charge in [0.2, 0.25) is 0 Å². The van der Waals surface area contributed by atoms with Gasteiger partial charge in [-0.05, 0) is 48.6 Å². The minimum Gasteiger partial charge on any atom is -0.242 e. The lowest BCUT2D eigenvalue weighted by Gasteiger charge is -2.35. The number of para-hydroxylation sites is 1. The van der Waals surface area contributed by atoms with Gasteiger partial charge in [-0.1, -0.05) is 35.6 Å². The number of hydrogen-bond donors (Lipinski definition) is 0. The molecule has 0 aromatic heterocycles. The van der Waals surface area contributed by atoms with E-state index in [1.54, 1.807) is 0 Å². The Balaban J connectivity index is 1.53. The molecule has 1 heterocycles. The second-order valence-corrected chi connectivity index (χ2v) is 6.33. The number of fused-ring (bicyclic) bond motifs is 8. The van der Waals surface area contributed by atoms with Crippen LogP contribution >= 0.6 is 0 Å². The van der Waals surface area contributed by atoms with Crippen molar-refractivity contribution in [3.8, 4) is 0 Å². The molecule has 2 bridgehead atoms. The van der Waals surface area contributed by atoms with Crippen LogP contribution in [-0.4, -0.2) is 12.1 Å². The largest absolute Gasteiger partial charge is 0.242 e. The van der Waals surface area contributed by atoms with Gasteiger partial charge in [0.1, 0.15) is 0 Å². The molecular weight excluding hydrogens is 234 g/mol. The van der Waals surface area contributed by atoms with Crippen molar-refractivity contribution in [2.24, 2.45) is 34.0 Å². The number of rotatable bonds is 1. The van der Waals surface area contributed by atoms with Gasteiger partial charge in [0.05, 0.1) is 17.8 Å². The lowest BCUT2D eigenvalue weighted by Crippen LogP contribution is -2.44. The van der Waals surface area contributed by atoms with E-state index in [1.165, 1.54) is 18.5 Å². The Morgan fingerprint density at radius 1 is 1.05 bits per heavy atom. The summed E-state index contributed by atoms with van der Waals surface area (Å²) in [4.78, 5) is 0. The van der Waals surface area contributed by atoms with Gasteiger partial charge in [-0.25, -0.2) is 5.01 Å². The molecule has 4 aliphatic rings. The maximum absolute atomic E-state index is 4.62. The van der Waals surface area contributed by atoms with E-state index in [2.05, 4.69) is 57.8 Å². The minimum atomic E-state index is 0.450. The Labute approximate surface area is 113 Å². The third-order valence-electron chi connectivity index (χ3n) is 5.66. The van der Waals surface area contributed by atoms with Gasteiger partial charge in [-0.3, -0.25) is 0 Å². The van der Waals surface area contributed by atoms with Crippen molar-refractivity contribution in [1.29, 1.82) is 0 Å². The zero-order chi connectivity index (χ0) is 12.4. The Morgan fingerprint density at radius 3 is 2.84 bits per heavy atom. The molecule has 0 N–H and O–H groups in total. The van der Waals surface area contributed by atoms with Crippen LogP contribution in [0.2, 0.25) is 0 Å². The third kappa shape index (κ3) is 1.18. The first-order chi connectivity index (χ1) is 9.43. The molecule has 1 aromatic carbocycles. The van der Waals surface area contributed by atoms with Crippen LogP contribution in [0.25, 0.3) is 0 Å². The Morgan fingerprint density at radius 2 is 1.95 bits per heavy atom.